The summed E-state index contributed by atoms with van der Waals surface area (Å²) in [5, 5.41) is 4.62. The Morgan fingerprint density at radius 3 is 2.93 bits per heavy atom. The number of aryl methyl sites for hydroxylation is 2. The van der Waals surface area contributed by atoms with Crippen LogP contribution in [0.25, 0.3) is 0 Å². The van der Waals surface area contributed by atoms with E-state index in [1.165, 1.54) is 11.4 Å². The highest BCUT2D eigenvalue weighted by molar-refractivity contribution is 5.11. The van der Waals surface area contributed by atoms with Gasteiger partial charge in [0.25, 0.3) is 0 Å². The molecule has 2 rings (SSSR count). The van der Waals surface area contributed by atoms with Crippen LogP contribution < -0.4 is 0 Å². The molecule has 0 amide bonds. The van der Waals surface area contributed by atoms with Gasteiger partial charge in [-0.1, -0.05) is 13.8 Å². The van der Waals surface area contributed by atoms with Crippen LogP contribution in [0.2, 0.25) is 0 Å². The molecule has 1 fully saturated rings. The molecule has 1 saturated heterocycles. The van der Waals surface area contributed by atoms with Crippen molar-refractivity contribution in [3.63, 3.8) is 0 Å². The van der Waals surface area contributed by atoms with E-state index in [2.05, 4.69) is 29.7 Å². The molecule has 0 bridgehead atoms. The summed E-state index contributed by atoms with van der Waals surface area (Å²) in [6.45, 7) is 6.05. The van der Waals surface area contributed by atoms with Crippen LogP contribution >= 0.6 is 0 Å². The van der Waals surface area contributed by atoms with Crippen LogP contribution in [-0.2, 0) is 17.6 Å². The molecule has 78 valence electrons. The summed E-state index contributed by atoms with van der Waals surface area (Å²) in [4.78, 5) is 0. The summed E-state index contributed by atoms with van der Waals surface area (Å²) in [7, 11) is 0. The van der Waals surface area contributed by atoms with Crippen molar-refractivity contribution in [1.82, 2.24) is 9.78 Å². The zero-order chi connectivity index (χ0) is 9.97. The molecule has 1 unspecified atom stereocenters. The van der Waals surface area contributed by atoms with E-state index < -0.39 is 0 Å². The van der Waals surface area contributed by atoms with E-state index >= 15 is 0 Å². The zero-order valence-electron chi connectivity index (χ0n) is 8.99. The van der Waals surface area contributed by atoms with E-state index in [1.54, 1.807) is 0 Å². The van der Waals surface area contributed by atoms with E-state index in [4.69, 9.17) is 4.74 Å². The van der Waals surface area contributed by atoms with Gasteiger partial charge in [0.2, 0.25) is 0 Å². The first-order valence-corrected chi connectivity index (χ1v) is 5.50. The number of rotatable bonds is 3. The first-order chi connectivity index (χ1) is 6.85. The summed E-state index contributed by atoms with van der Waals surface area (Å²) >= 11 is 0. The Morgan fingerprint density at radius 2 is 2.36 bits per heavy atom. The Kier molecular flexibility index (Phi) is 2.87. The molecule has 2 heterocycles. The van der Waals surface area contributed by atoms with Gasteiger partial charge in [-0.25, -0.2) is 0 Å². The van der Waals surface area contributed by atoms with Gasteiger partial charge in [0.05, 0.1) is 18.3 Å². The standard InChI is InChI=1S/C11H18N2O/c1-3-9-7-10(4-2)13(12-9)11-5-6-14-8-11/h7,11H,3-6,8H2,1-2H3. The van der Waals surface area contributed by atoms with E-state index in [0.29, 0.717) is 6.04 Å². The van der Waals surface area contributed by atoms with Gasteiger partial charge < -0.3 is 4.74 Å². The van der Waals surface area contributed by atoms with Gasteiger partial charge in [0.15, 0.2) is 0 Å². The van der Waals surface area contributed by atoms with Gasteiger partial charge in [0.1, 0.15) is 0 Å². The number of ether oxygens (including phenoxy) is 1. The van der Waals surface area contributed by atoms with Crippen molar-refractivity contribution in [2.75, 3.05) is 13.2 Å². The Morgan fingerprint density at radius 1 is 1.50 bits per heavy atom. The number of nitrogens with zero attached hydrogens (tertiary/aromatic N) is 2. The molecular formula is C11H18N2O. The molecule has 0 radical (unpaired) electrons. The van der Waals surface area contributed by atoms with Gasteiger partial charge in [-0.15, -0.1) is 0 Å². The molecule has 0 N–H and O–H groups in total. The summed E-state index contributed by atoms with van der Waals surface area (Å²) in [6.07, 6.45) is 3.19. The van der Waals surface area contributed by atoms with Crippen LogP contribution in [0, 0.1) is 0 Å². The van der Waals surface area contributed by atoms with Crippen LogP contribution in [0.5, 0.6) is 0 Å². The Balaban J connectivity index is 2.25. The predicted octanol–water partition coefficient (Wildman–Crippen LogP) is 1.97. The lowest BCUT2D eigenvalue weighted by molar-refractivity contribution is 0.184. The summed E-state index contributed by atoms with van der Waals surface area (Å²) in [5.74, 6) is 0. The van der Waals surface area contributed by atoms with Crippen LogP contribution in [0.3, 0.4) is 0 Å². The number of hydrogen-bond donors (Lipinski definition) is 0. The van der Waals surface area contributed by atoms with Gasteiger partial charge in [0, 0.05) is 12.3 Å². The van der Waals surface area contributed by atoms with Gasteiger partial charge >= 0.3 is 0 Å². The summed E-state index contributed by atoms with van der Waals surface area (Å²) < 4.78 is 7.57. The van der Waals surface area contributed by atoms with Crippen molar-refractivity contribution in [1.29, 1.82) is 0 Å². The van der Waals surface area contributed by atoms with Crippen molar-refractivity contribution in [3.8, 4) is 0 Å². The number of hydrogen-bond acceptors (Lipinski definition) is 2. The summed E-state index contributed by atoms with van der Waals surface area (Å²) in [6, 6.07) is 2.70. The fourth-order valence-electron chi connectivity index (χ4n) is 1.96. The largest absolute Gasteiger partial charge is 0.379 e. The second kappa shape index (κ2) is 4.13. The minimum Gasteiger partial charge on any atom is -0.379 e. The molecule has 1 atom stereocenters. The highest BCUT2D eigenvalue weighted by Gasteiger charge is 2.20. The highest BCUT2D eigenvalue weighted by Crippen LogP contribution is 2.21. The lowest BCUT2D eigenvalue weighted by atomic mass is 10.2. The maximum atomic E-state index is 5.39. The fraction of sp³-hybridized carbons (Fsp3) is 0.727. The lowest BCUT2D eigenvalue weighted by Gasteiger charge is -2.11. The zero-order valence-corrected chi connectivity index (χ0v) is 8.99. The first kappa shape index (κ1) is 9.71. The Hall–Kier alpha value is -0.830. The molecule has 1 aromatic heterocycles. The molecule has 3 nitrogen and oxygen atoms in total. The predicted molar refractivity (Wildman–Crippen MR) is 55.5 cm³/mol. The van der Waals surface area contributed by atoms with E-state index in [0.717, 1.165) is 32.5 Å². The topological polar surface area (TPSA) is 27.1 Å². The van der Waals surface area contributed by atoms with Crippen molar-refractivity contribution < 1.29 is 4.74 Å². The highest BCUT2D eigenvalue weighted by atomic mass is 16.5. The molecule has 0 saturated carbocycles. The molecule has 0 aromatic carbocycles. The molecule has 0 spiro atoms. The molecule has 1 aliphatic rings. The van der Waals surface area contributed by atoms with Crippen LogP contribution in [0.4, 0.5) is 0 Å². The second-order valence-corrected chi connectivity index (χ2v) is 3.80. The maximum Gasteiger partial charge on any atom is 0.0777 e. The van der Waals surface area contributed by atoms with Gasteiger partial charge in [-0.2, -0.15) is 5.10 Å². The molecular weight excluding hydrogens is 176 g/mol. The van der Waals surface area contributed by atoms with E-state index in [9.17, 15) is 0 Å². The SMILES string of the molecule is CCc1cc(CC)n(C2CCOC2)n1. The van der Waals surface area contributed by atoms with Crippen LogP contribution in [0.1, 0.15) is 37.7 Å². The quantitative estimate of drug-likeness (QED) is 0.735. The average molecular weight is 194 g/mol. The van der Waals surface area contributed by atoms with Crippen molar-refractivity contribution in [2.24, 2.45) is 0 Å². The van der Waals surface area contributed by atoms with Gasteiger partial charge in [-0.3, -0.25) is 4.68 Å². The normalized spacial score (nSPS) is 21.7. The number of aromatic nitrogens is 2. The molecule has 1 aliphatic heterocycles. The molecule has 1 aromatic rings. The Bertz CT molecular complexity index is 300. The molecule has 14 heavy (non-hydrogen) atoms. The maximum absolute atomic E-state index is 5.39. The fourth-order valence-corrected chi connectivity index (χ4v) is 1.96. The average Bonchev–Trinajstić information content (AvgIpc) is 2.85. The van der Waals surface area contributed by atoms with Crippen molar-refractivity contribution in [3.05, 3.63) is 17.5 Å². The van der Waals surface area contributed by atoms with Crippen LogP contribution in [-0.4, -0.2) is 23.0 Å². The third-order valence-corrected chi connectivity index (χ3v) is 2.84. The lowest BCUT2D eigenvalue weighted by Crippen LogP contribution is -2.13. The third-order valence-electron chi connectivity index (χ3n) is 2.84. The monoisotopic (exact) mass is 194 g/mol. The Labute approximate surface area is 85.1 Å². The van der Waals surface area contributed by atoms with E-state index in [1.807, 2.05) is 0 Å². The van der Waals surface area contributed by atoms with Gasteiger partial charge in [-0.05, 0) is 25.3 Å². The molecule has 0 aliphatic carbocycles. The third kappa shape index (κ3) is 1.69. The summed E-state index contributed by atoms with van der Waals surface area (Å²) in [5.41, 5.74) is 2.55. The van der Waals surface area contributed by atoms with E-state index in [-0.39, 0.29) is 0 Å². The first-order valence-electron chi connectivity index (χ1n) is 5.50. The minimum absolute atomic E-state index is 0.477. The van der Waals surface area contributed by atoms with Crippen molar-refractivity contribution >= 4 is 0 Å². The van der Waals surface area contributed by atoms with Crippen molar-refractivity contribution in [2.45, 2.75) is 39.2 Å². The molecule has 3 heteroatoms. The second-order valence-electron chi connectivity index (χ2n) is 3.80. The smallest absolute Gasteiger partial charge is 0.0777 e. The minimum atomic E-state index is 0.477. The van der Waals surface area contributed by atoms with Crippen LogP contribution in [0.15, 0.2) is 6.07 Å².